The molecule has 11 heteroatoms. The van der Waals surface area contributed by atoms with Crippen LogP contribution in [0.3, 0.4) is 0 Å². The van der Waals surface area contributed by atoms with Crippen LogP contribution >= 0.6 is 0 Å². The molecule has 0 radical (unpaired) electrons. The van der Waals surface area contributed by atoms with Gasteiger partial charge < -0.3 is 46.7 Å². The lowest BCUT2D eigenvalue weighted by Crippen LogP contribution is -2.84. The summed E-state index contributed by atoms with van der Waals surface area (Å²) in [5.74, 6) is 0. The highest BCUT2D eigenvalue weighted by atomic mass is 28.4. The molecular weight excluding hydrogens is 452 g/mol. The number of hydrogen-bond acceptors (Lipinski definition) is 10. The molecule has 10 nitrogen and oxygen atoms in total. The maximum Gasteiger partial charge on any atom is 0.466 e. The molecule has 200 valence electrons. The van der Waals surface area contributed by atoms with Crippen LogP contribution in [0.25, 0.3) is 0 Å². The lowest BCUT2D eigenvalue weighted by atomic mass is 10.3. The molecule has 0 aliphatic rings. The van der Waals surface area contributed by atoms with Crippen LogP contribution in [0.4, 0.5) is 0 Å². The van der Waals surface area contributed by atoms with Gasteiger partial charge in [-0.1, -0.05) is 0 Å². The zero-order chi connectivity index (χ0) is 25.7. The molecule has 0 aromatic rings. The molecule has 0 aliphatic carbocycles. The van der Waals surface area contributed by atoms with E-state index in [-0.39, 0.29) is 13.2 Å². The van der Waals surface area contributed by atoms with Gasteiger partial charge in [-0.05, 0) is 55.4 Å². The van der Waals surface area contributed by atoms with Gasteiger partial charge in [-0.2, -0.15) is 0 Å². The Morgan fingerprint density at radius 1 is 0.576 bits per heavy atom. The smallest absolute Gasteiger partial charge is 0.391 e. The number of methoxy groups -OCH3 is 2. The van der Waals surface area contributed by atoms with Crippen LogP contribution < -0.4 is 0 Å². The number of hydrogen-bond donors (Lipinski definition) is 0. The zero-order valence-electron chi connectivity index (χ0n) is 22.7. The van der Waals surface area contributed by atoms with Gasteiger partial charge in [0.15, 0.2) is 12.6 Å². The van der Waals surface area contributed by atoms with Gasteiger partial charge >= 0.3 is 8.56 Å². The molecule has 0 amide bonds. The van der Waals surface area contributed by atoms with Crippen molar-refractivity contribution >= 4 is 8.56 Å². The molecule has 0 aliphatic heterocycles. The minimum Gasteiger partial charge on any atom is -0.391 e. The third-order valence-corrected chi connectivity index (χ3v) is 9.78. The summed E-state index contributed by atoms with van der Waals surface area (Å²) >= 11 is 0. The van der Waals surface area contributed by atoms with E-state index in [4.69, 9.17) is 46.7 Å². The van der Waals surface area contributed by atoms with E-state index < -0.39 is 44.2 Å². The summed E-state index contributed by atoms with van der Waals surface area (Å²) in [6, 6.07) is 0. The SMILES string of the molecule is CCOC(C)C(OCC)(OC(C)OC)[Si](OC)(OC)C(OCC)(OC(C)OC)C(C)OCC. The van der Waals surface area contributed by atoms with E-state index in [0.717, 1.165) is 0 Å². The van der Waals surface area contributed by atoms with Gasteiger partial charge in [0.05, 0.1) is 0 Å². The predicted octanol–water partition coefficient (Wildman–Crippen LogP) is 3.13. The molecule has 0 bridgehead atoms. The van der Waals surface area contributed by atoms with Crippen LogP contribution in [0.5, 0.6) is 0 Å². The second-order valence-electron chi connectivity index (χ2n) is 7.26. The lowest BCUT2D eigenvalue weighted by Gasteiger charge is -2.56. The van der Waals surface area contributed by atoms with Crippen molar-refractivity contribution in [1.82, 2.24) is 0 Å². The van der Waals surface area contributed by atoms with E-state index in [2.05, 4.69) is 0 Å². The first-order chi connectivity index (χ1) is 15.6. The van der Waals surface area contributed by atoms with Crippen LogP contribution in [-0.2, 0) is 46.7 Å². The summed E-state index contributed by atoms with van der Waals surface area (Å²) in [7, 11) is 2.12. The van der Waals surface area contributed by atoms with Crippen molar-refractivity contribution < 1.29 is 46.7 Å². The van der Waals surface area contributed by atoms with E-state index in [1.54, 1.807) is 13.8 Å². The van der Waals surface area contributed by atoms with Crippen molar-refractivity contribution in [1.29, 1.82) is 0 Å². The predicted molar refractivity (Wildman–Crippen MR) is 126 cm³/mol. The van der Waals surface area contributed by atoms with Crippen LogP contribution in [-0.4, -0.2) is 99.0 Å². The van der Waals surface area contributed by atoms with Gasteiger partial charge in [0, 0.05) is 54.9 Å². The van der Waals surface area contributed by atoms with Crippen LogP contribution in [0, 0.1) is 0 Å². The Balaban J connectivity index is 7.46. The maximum atomic E-state index is 6.47. The quantitative estimate of drug-likeness (QED) is 0.183. The van der Waals surface area contributed by atoms with Gasteiger partial charge in [-0.3, -0.25) is 0 Å². The van der Waals surface area contributed by atoms with E-state index in [1.807, 2.05) is 41.5 Å². The fourth-order valence-corrected chi connectivity index (χ4v) is 8.35. The Morgan fingerprint density at radius 2 is 0.909 bits per heavy atom. The van der Waals surface area contributed by atoms with Crippen LogP contribution in [0.2, 0.25) is 0 Å². The molecule has 0 rings (SSSR count). The van der Waals surface area contributed by atoms with Crippen molar-refractivity contribution in [2.45, 2.75) is 91.0 Å². The Labute approximate surface area is 201 Å². The van der Waals surface area contributed by atoms with Crippen LogP contribution in [0.15, 0.2) is 0 Å². The minimum absolute atomic E-state index is 0.264. The third-order valence-electron chi connectivity index (χ3n) is 5.46. The summed E-state index contributed by atoms with van der Waals surface area (Å²) < 4.78 is 61.3. The third kappa shape index (κ3) is 6.95. The second-order valence-corrected chi connectivity index (χ2v) is 10.7. The first-order valence-electron chi connectivity index (χ1n) is 11.6. The van der Waals surface area contributed by atoms with Crippen molar-refractivity contribution in [3.63, 3.8) is 0 Å². The summed E-state index contributed by atoms with van der Waals surface area (Å²) in [4.78, 5) is 0. The van der Waals surface area contributed by atoms with Crippen LogP contribution in [0.1, 0.15) is 55.4 Å². The van der Waals surface area contributed by atoms with Gasteiger partial charge in [0.2, 0.25) is 10.8 Å². The molecular formula is C22H48O10Si. The Morgan fingerprint density at radius 3 is 1.12 bits per heavy atom. The largest absolute Gasteiger partial charge is 0.466 e. The molecule has 0 fully saturated rings. The first kappa shape index (κ1) is 32.8. The van der Waals surface area contributed by atoms with Crippen molar-refractivity contribution in [3.05, 3.63) is 0 Å². The topological polar surface area (TPSA) is 92.3 Å². The fraction of sp³-hybridized carbons (Fsp3) is 1.00. The number of rotatable bonds is 20. The van der Waals surface area contributed by atoms with Gasteiger partial charge in [0.1, 0.15) is 12.2 Å². The first-order valence-corrected chi connectivity index (χ1v) is 13.5. The van der Waals surface area contributed by atoms with E-state index in [9.17, 15) is 0 Å². The van der Waals surface area contributed by atoms with E-state index in [1.165, 1.54) is 28.4 Å². The highest BCUT2D eigenvalue weighted by Crippen LogP contribution is 2.46. The average molecular weight is 501 g/mol. The standard InChI is InChI=1S/C22H48O10Si/c1-13-27-17(5)21(29-15-3,31-19(7)23-9)33(25-11,26-12)22(30-16-4,18(6)28-14-2)32-20(8)24-10/h17-20H,13-16H2,1-12H3. The second kappa shape index (κ2) is 15.7. The minimum atomic E-state index is -4.00. The van der Waals surface area contributed by atoms with Crippen molar-refractivity contribution in [2.24, 2.45) is 0 Å². The summed E-state index contributed by atoms with van der Waals surface area (Å²) in [5, 5.41) is 0. The summed E-state index contributed by atoms with van der Waals surface area (Å²) in [6.45, 7) is 16.0. The molecule has 0 saturated heterocycles. The van der Waals surface area contributed by atoms with E-state index >= 15 is 0 Å². The molecule has 0 aromatic heterocycles. The summed E-state index contributed by atoms with van der Waals surface area (Å²) in [6.07, 6.45) is -2.72. The highest BCUT2D eigenvalue weighted by molar-refractivity contribution is 6.73. The summed E-state index contributed by atoms with van der Waals surface area (Å²) in [5.41, 5.74) is -3.19. The average Bonchev–Trinajstić information content (AvgIpc) is 2.79. The highest BCUT2D eigenvalue weighted by Gasteiger charge is 2.79. The normalized spacial score (nSPS) is 20.0. The Kier molecular flexibility index (Phi) is 15.7. The monoisotopic (exact) mass is 500 g/mol. The lowest BCUT2D eigenvalue weighted by molar-refractivity contribution is -0.348. The number of ether oxygens (including phenoxy) is 8. The molecule has 6 unspecified atom stereocenters. The van der Waals surface area contributed by atoms with Gasteiger partial charge in [-0.25, -0.2) is 0 Å². The molecule has 0 N–H and O–H groups in total. The molecule has 0 saturated carbocycles. The zero-order valence-corrected chi connectivity index (χ0v) is 23.7. The fourth-order valence-electron chi connectivity index (χ4n) is 4.01. The Hall–Kier alpha value is -0.183. The molecule has 0 heterocycles. The van der Waals surface area contributed by atoms with Gasteiger partial charge in [0.25, 0.3) is 0 Å². The van der Waals surface area contributed by atoms with Gasteiger partial charge in [-0.15, -0.1) is 0 Å². The molecule has 33 heavy (non-hydrogen) atoms. The Bertz CT molecular complexity index is 470. The van der Waals surface area contributed by atoms with Crippen molar-refractivity contribution in [3.8, 4) is 0 Å². The van der Waals surface area contributed by atoms with E-state index in [0.29, 0.717) is 13.2 Å². The molecule has 6 atom stereocenters. The maximum absolute atomic E-state index is 6.47. The molecule has 0 spiro atoms. The van der Waals surface area contributed by atoms with Crippen molar-refractivity contribution in [2.75, 3.05) is 54.9 Å². The molecule has 0 aromatic carbocycles.